The molecule has 1 N–H and O–H groups in total. The molecular weight excluding hydrogens is 288 g/mol. The molecule has 2 rings (SSSR count). The van der Waals surface area contributed by atoms with E-state index in [1.807, 2.05) is 14.0 Å². The van der Waals surface area contributed by atoms with Crippen LogP contribution in [0, 0.1) is 19.8 Å². The molecule has 0 radical (unpaired) electrons. The molecule has 1 aliphatic heterocycles. The zero-order chi connectivity index (χ0) is 15.6. The van der Waals surface area contributed by atoms with Crippen LogP contribution in [0.5, 0.6) is 0 Å². The average Bonchev–Trinajstić information content (AvgIpc) is 3.02. The van der Waals surface area contributed by atoms with Crippen molar-refractivity contribution in [2.75, 3.05) is 26.7 Å². The molecule has 2 heterocycles. The predicted octanol–water partition coefficient (Wildman–Crippen LogP) is 1.14. The zero-order valence-electron chi connectivity index (χ0n) is 13.4. The molecular formula is C14H26N4O2S. The molecule has 1 saturated heterocycles. The molecule has 0 spiro atoms. The van der Waals surface area contributed by atoms with Crippen molar-refractivity contribution in [2.24, 2.45) is 5.92 Å². The van der Waals surface area contributed by atoms with Crippen LogP contribution in [-0.4, -0.2) is 49.2 Å². The number of likely N-dealkylation sites (N-methyl/N-ethyl adjacent to an activating group) is 1. The summed E-state index contributed by atoms with van der Waals surface area (Å²) in [5.41, 5.74) is 1.34. The smallest absolute Gasteiger partial charge is 0.246 e. The first-order valence-corrected chi connectivity index (χ1v) is 9.04. The third kappa shape index (κ3) is 3.14. The average molecular weight is 314 g/mol. The normalized spacial score (nSPS) is 20.3. The van der Waals surface area contributed by atoms with E-state index in [2.05, 4.69) is 17.3 Å². The highest BCUT2D eigenvalue weighted by Gasteiger charge is 2.35. The third-order valence-electron chi connectivity index (χ3n) is 4.31. The van der Waals surface area contributed by atoms with Gasteiger partial charge in [-0.3, -0.25) is 4.68 Å². The van der Waals surface area contributed by atoms with Gasteiger partial charge in [0.1, 0.15) is 4.90 Å². The molecule has 0 aliphatic carbocycles. The minimum atomic E-state index is -3.42. The van der Waals surface area contributed by atoms with E-state index in [4.69, 9.17) is 0 Å². The van der Waals surface area contributed by atoms with Crippen LogP contribution in [0.1, 0.15) is 31.2 Å². The molecule has 120 valence electrons. The summed E-state index contributed by atoms with van der Waals surface area (Å²) in [6.45, 7) is 8.45. The number of nitrogens with one attached hydrogen (secondary N) is 1. The summed E-state index contributed by atoms with van der Waals surface area (Å²) in [6, 6.07) is 0. The Morgan fingerprint density at radius 1 is 1.38 bits per heavy atom. The van der Waals surface area contributed by atoms with Gasteiger partial charge in [0.15, 0.2) is 0 Å². The molecule has 0 bridgehead atoms. The van der Waals surface area contributed by atoms with E-state index in [0.717, 1.165) is 25.1 Å². The second-order valence-electron chi connectivity index (χ2n) is 5.75. The van der Waals surface area contributed by atoms with Crippen molar-refractivity contribution in [3.63, 3.8) is 0 Å². The Morgan fingerprint density at radius 3 is 2.67 bits per heavy atom. The van der Waals surface area contributed by atoms with Crippen LogP contribution in [-0.2, 0) is 16.6 Å². The second kappa shape index (κ2) is 6.46. The van der Waals surface area contributed by atoms with Gasteiger partial charge in [-0.2, -0.15) is 9.40 Å². The van der Waals surface area contributed by atoms with Crippen LogP contribution in [0.2, 0.25) is 0 Å². The van der Waals surface area contributed by atoms with Gasteiger partial charge in [0, 0.05) is 19.6 Å². The van der Waals surface area contributed by atoms with E-state index < -0.39 is 10.0 Å². The number of rotatable bonds is 6. The first-order chi connectivity index (χ1) is 9.91. The van der Waals surface area contributed by atoms with Crippen molar-refractivity contribution in [1.29, 1.82) is 0 Å². The zero-order valence-corrected chi connectivity index (χ0v) is 14.2. The van der Waals surface area contributed by atoms with Crippen LogP contribution in [0.3, 0.4) is 0 Å². The van der Waals surface area contributed by atoms with Crippen molar-refractivity contribution in [3.8, 4) is 0 Å². The third-order valence-corrected chi connectivity index (χ3v) is 6.43. The van der Waals surface area contributed by atoms with Gasteiger partial charge >= 0.3 is 0 Å². The maximum atomic E-state index is 12.9. The van der Waals surface area contributed by atoms with E-state index in [9.17, 15) is 8.42 Å². The summed E-state index contributed by atoms with van der Waals surface area (Å²) in [5.74, 6) is 0.486. The number of hydrogen-bond donors (Lipinski definition) is 1. The molecule has 1 aliphatic rings. The van der Waals surface area contributed by atoms with Crippen LogP contribution in [0.25, 0.3) is 0 Å². The Kier molecular flexibility index (Phi) is 5.06. The lowest BCUT2D eigenvalue weighted by molar-refractivity contribution is 0.452. The highest BCUT2D eigenvalue weighted by atomic mass is 32.2. The number of nitrogens with zero attached hydrogens (tertiary/aromatic N) is 3. The van der Waals surface area contributed by atoms with Crippen molar-refractivity contribution < 1.29 is 8.42 Å². The van der Waals surface area contributed by atoms with E-state index in [0.29, 0.717) is 36.1 Å². The summed E-state index contributed by atoms with van der Waals surface area (Å²) in [5, 5.41) is 7.45. The quantitative estimate of drug-likeness (QED) is 0.855. The van der Waals surface area contributed by atoms with E-state index in [1.165, 1.54) is 0 Å². The minimum Gasteiger partial charge on any atom is -0.318 e. The molecule has 1 aromatic rings. The lowest BCUT2D eigenvalue weighted by Crippen LogP contribution is -2.29. The number of aryl methyl sites for hydroxylation is 1. The predicted molar refractivity (Wildman–Crippen MR) is 82.8 cm³/mol. The Morgan fingerprint density at radius 2 is 2.10 bits per heavy atom. The van der Waals surface area contributed by atoms with Gasteiger partial charge in [0.2, 0.25) is 10.0 Å². The largest absolute Gasteiger partial charge is 0.318 e. The maximum Gasteiger partial charge on any atom is 0.246 e. The summed E-state index contributed by atoms with van der Waals surface area (Å²) in [6.07, 6.45) is 1.99. The van der Waals surface area contributed by atoms with Gasteiger partial charge in [0.05, 0.1) is 17.9 Å². The number of sulfonamides is 1. The number of hydrogen-bond acceptors (Lipinski definition) is 4. The van der Waals surface area contributed by atoms with Gasteiger partial charge in [-0.15, -0.1) is 0 Å². The number of aromatic nitrogens is 2. The van der Waals surface area contributed by atoms with Gasteiger partial charge < -0.3 is 5.32 Å². The van der Waals surface area contributed by atoms with Crippen LogP contribution in [0.15, 0.2) is 4.90 Å². The molecule has 0 aromatic carbocycles. The Labute approximate surface area is 127 Å². The van der Waals surface area contributed by atoms with Crippen molar-refractivity contribution in [1.82, 2.24) is 19.4 Å². The van der Waals surface area contributed by atoms with Gasteiger partial charge in [-0.25, -0.2) is 8.42 Å². The topological polar surface area (TPSA) is 67.2 Å². The van der Waals surface area contributed by atoms with Gasteiger partial charge in [-0.1, -0.05) is 13.3 Å². The Balaban J connectivity index is 2.30. The Bertz CT molecular complexity index is 594. The monoisotopic (exact) mass is 314 g/mol. The van der Waals surface area contributed by atoms with E-state index in [-0.39, 0.29) is 0 Å². The fourth-order valence-corrected chi connectivity index (χ4v) is 4.87. The van der Waals surface area contributed by atoms with Crippen molar-refractivity contribution in [3.05, 3.63) is 11.4 Å². The fraction of sp³-hybridized carbons (Fsp3) is 0.786. The Hall–Kier alpha value is -0.920. The molecule has 7 heteroatoms. The second-order valence-corrected chi connectivity index (χ2v) is 7.63. The van der Waals surface area contributed by atoms with E-state index >= 15 is 0 Å². The van der Waals surface area contributed by atoms with Gasteiger partial charge in [0.25, 0.3) is 0 Å². The molecule has 6 nitrogen and oxygen atoms in total. The first kappa shape index (κ1) is 16.5. The molecule has 1 aromatic heterocycles. The van der Waals surface area contributed by atoms with E-state index in [1.54, 1.807) is 15.9 Å². The fourth-order valence-electron chi connectivity index (χ4n) is 2.97. The van der Waals surface area contributed by atoms with Crippen molar-refractivity contribution >= 4 is 10.0 Å². The highest BCUT2D eigenvalue weighted by Crippen LogP contribution is 2.29. The van der Waals surface area contributed by atoms with Crippen molar-refractivity contribution in [2.45, 2.75) is 45.1 Å². The lowest BCUT2D eigenvalue weighted by atomic mass is 10.1. The standard InChI is InChI=1S/C14H26N4O2S/c1-5-13-6-8-17(10-13)21(19,20)14-11(2)16-18(12(14)3)9-7-15-4/h13,15H,5-10H2,1-4H3. The van der Waals surface area contributed by atoms with Gasteiger partial charge in [-0.05, 0) is 33.2 Å². The summed E-state index contributed by atoms with van der Waals surface area (Å²) in [7, 11) is -1.54. The van der Waals surface area contributed by atoms with Crippen LogP contribution in [0.4, 0.5) is 0 Å². The summed E-state index contributed by atoms with van der Waals surface area (Å²) in [4.78, 5) is 0.398. The molecule has 1 atom stereocenters. The molecule has 21 heavy (non-hydrogen) atoms. The molecule has 1 unspecified atom stereocenters. The lowest BCUT2D eigenvalue weighted by Gasteiger charge is -2.16. The highest BCUT2D eigenvalue weighted by molar-refractivity contribution is 7.89. The minimum absolute atomic E-state index is 0.398. The van der Waals surface area contributed by atoms with Crippen LogP contribution >= 0.6 is 0 Å². The van der Waals surface area contributed by atoms with Crippen LogP contribution < -0.4 is 5.32 Å². The molecule has 0 amide bonds. The molecule has 0 saturated carbocycles. The molecule has 1 fully saturated rings. The SMILES string of the molecule is CCC1CCN(S(=O)(=O)c2c(C)nn(CCNC)c2C)C1. The maximum absolute atomic E-state index is 12.9. The first-order valence-electron chi connectivity index (χ1n) is 7.60. The summed E-state index contributed by atoms with van der Waals surface area (Å²) < 4.78 is 29.2. The summed E-state index contributed by atoms with van der Waals surface area (Å²) >= 11 is 0.